The number of hydrogen-bond acceptors (Lipinski definition) is 4. The topological polar surface area (TPSA) is 80.1 Å². The molecule has 1 N–H and O–H groups in total. The molecule has 0 aliphatic carbocycles. The average molecular weight is 363 g/mol. The Bertz CT molecular complexity index is 945. The highest BCUT2D eigenvalue weighted by Gasteiger charge is 2.18. The van der Waals surface area contributed by atoms with Gasteiger partial charge in [0.1, 0.15) is 0 Å². The number of nitrogens with one attached hydrogen (secondary N) is 1. The van der Waals surface area contributed by atoms with Crippen LogP contribution >= 0.6 is 0 Å². The molecule has 7 nitrogen and oxygen atoms in total. The van der Waals surface area contributed by atoms with E-state index in [-0.39, 0.29) is 24.1 Å². The maximum atomic E-state index is 12.5. The van der Waals surface area contributed by atoms with Gasteiger partial charge in [0, 0.05) is 12.7 Å². The summed E-state index contributed by atoms with van der Waals surface area (Å²) in [4.78, 5) is 26.0. The van der Waals surface area contributed by atoms with Crippen LogP contribution in [0.5, 0.6) is 0 Å². The van der Waals surface area contributed by atoms with Gasteiger partial charge in [0.2, 0.25) is 5.91 Å². The molecule has 0 fully saturated rings. The van der Waals surface area contributed by atoms with Crippen LogP contribution in [0.25, 0.3) is 5.69 Å². The molecule has 1 heterocycles. The first kappa shape index (κ1) is 18.3. The van der Waals surface area contributed by atoms with E-state index in [0.29, 0.717) is 5.69 Å². The maximum absolute atomic E-state index is 12.5. The van der Waals surface area contributed by atoms with Crippen LogP contribution in [-0.2, 0) is 4.79 Å². The Morgan fingerprint density at radius 1 is 1.00 bits per heavy atom. The molecule has 2 aromatic carbocycles. The molecule has 0 saturated carbocycles. The molecule has 27 heavy (non-hydrogen) atoms. The van der Waals surface area contributed by atoms with Crippen molar-refractivity contribution < 1.29 is 9.59 Å². The molecule has 0 aliphatic rings. The number of rotatable bonds is 5. The van der Waals surface area contributed by atoms with Crippen molar-refractivity contribution in [2.75, 3.05) is 18.9 Å². The van der Waals surface area contributed by atoms with Crippen LogP contribution in [0.15, 0.2) is 54.7 Å². The van der Waals surface area contributed by atoms with Crippen LogP contribution in [0.3, 0.4) is 0 Å². The highest BCUT2D eigenvalue weighted by atomic mass is 16.2. The largest absolute Gasteiger partial charge is 0.331 e. The fourth-order valence-corrected chi connectivity index (χ4v) is 2.51. The second kappa shape index (κ2) is 7.82. The first-order valence-corrected chi connectivity index (χ1v) is 8.54. The molecule has 0 saturated heterocycles. The number of carbonyl (C=O) groups is 2. The van der Waals surface area contributed by atoms with Crippen LogP contribution in [-0.4, -0.2) is 45.3 Å². The summed E-state index contributed by atoms with van der Waals surface area (Å²) in [5.74, 6) is -0.645. The van der Waals surface area contributed by atoms with Crippen LogP contribution in [0.4, 0.5) is 5.69 Å². The quantitative estimate of drug-likeness (QED) is 0.756. The number of nitrogens with zero attached hydrogens (tertiary/aromatic N) is 4. The summed E-state index contributed by atoms with van der Waals surface area (Å²) in [6.45, 7) is 3.89. The van der Waals surface area contributed by atoms with Crippen molar-refractivity contribution in [3.05, 3.63) is 71.5 Å². The molecule has 1 aromatic heterocycles. The number of hydrogen-bond donors (Lipinski definition) is 1. The zero-order valence-corrected chi connectivity index (χ0v) is 15.5. The first-order valence-electron chi connectivity index (χ1n) is 8.54. The van der Waals surface area contributed by atoms with Gasteiger partial charge in [-0.05, 0) is 38.1 Å². The molecular weight excluding hydrogens is 342 g/mol. The van der Waals surface area contributed by atoms with E-state index >= 15 is 0 Å². The van der Waals surface area contributed by atoms with Gasteiger partial charge in [0.25, 0.3) is 5.91 Å². The minimum Gasteiger partial charge on any atom is -0.331 e. The van der Waals surface area contributed by atoms with Gasteiger partial charge in [0.15, 0.2) is 5.69 Å². The van der Waals surface area contributed by atoms with E-state index < -0.39 is 0 Å². The third-order valence-electron chi connectivity index (χ3n) is 4.07. The van der Waals surface area contributed by atoms with E-state index in [2.05, 4.69) is 15.6 Å². The van der Waals surface area contributed by atoms with Gasteiger partial charge in [-0.2, -0.15) is 0 Å². The molecule has 2 amide bonds. The number of likely N-dealkylation sites (N-methyl/N-ethyl adjacent to an activating group) is 1. The van der Waals surface area contributed by atoms with Crippen molar-refractivity contribution >= 4 is 17.5 Å². The van der Waals surface area contributed by atoms with E-state index in [1.807, 2.05) is 62.4 Å². The van der Waals surface area contributed by atoms with Crippen molar-refractivity contribution in [3.8, 4) is 5.69 Å². The Hall–Kier alpha value is -3.48. The summed E-state index contributed by atoms with van der Waals surface area (Å²) < 4.78 is 1.53. The minimum absolute atomic E-state index is 0.0793. The zero-order valence-electron chi connectivity index (χ0n) is 15.5. The Labute approximate surface area is 157 Å². The lowest BCUT2D eigenvalue weighted by molar-refractivity contribution is -0.116. The number of amides is 2. The number of carbonyl (C=O) groups excluding carboxylic acids is 2. The van der Waals surface area contributed by atoms with E-state index in [4.69, 9.17) is 0 Å². The molecule has 138 valence electrons. The summed E-state index contributed by atoms with van der Waals surface area (Å²) in [5.41, 5.74) is 3.93. The number of aryl methyl sites for hydroxylation is 2. The van der Waals surface area contributed by atoms with Gasteiger partial charge >= 0.3 is 0 Å². The zero-order chi connectivity index (χ0) is 19.4. The van der Waals surface area contributed by atoms with Crippen molar-refractivity contribution in [1.29, 1.82) is 0 Å². The summed E-state index contributed by atoms with van der Waals surface area (Å²) in [6, 6.07) is 15.2. The summed E-state index contributed by atoms with van der Waals surface area (Å²) in [6.07, 6.45) is 1.56. The summed E-state index contributed by atoms with van der Waals surface area (Å²) in [5, 5.41) is 10.7. The lowest BCUT2D eigenvalue weighted by Crippen LogP contribution is -2.35. The number of aromatic nitrogens is 3. The Balaban J connectivity index is 1.62. The SMILES string of the molecule is Cc1ccc(NC(=O)CN(C)C(=O)c2cn(-c3ccc(C)cc3)nn2)cc1. The van der Waals surface area contributed by atoms with Crippen molar-refractivity contribution in [3.63, 3.8) is 0 Å². The molecule has 0 aliphatic heterocycles. The van der Waals surface area contributed by atoms with Crippen LogP contribution in [0.1, 0.15) is 21.6 Å². The van der Waals surface area contributed by atoms with Gasteiger partial charge in [-0.1, -0.05) is 40.6 Å². The number of benzene rings is 2. The van der Waals surface area contributed by atoms with E-state index in [0.717, 1.165) is 16.8 Å². The minimum atomic E-state index is -0.368. The monoisotopic (exact) mass is 363 g/mol. The van der Waals surface area contributed by atoms with Gasteiger partial charge in [-0.15, -0.1) is 5.10 Å². The molecular formula is C20H21N5O2. The molecule has 0 spiro atoms. The van der Waals surface area contributed by atoms with Gasteiger partial charge in [-0.25, -0.2) is 4.68 Å². The predicted octanol–water partition coefficient (Wildman–Crippen LogP) is 2.59. The fraction of sp³-hybridized carbons (Fsp3) is 0.200. The molecule has 3 rings (SSSR count). The molecule has 0 radical (unpaired) electrons. The fourth-order valence-electron chi connectivity index (χ4n) is 2.51. The van der Waals surface area contributed by atoms with E-state index in [9.17, 15) is 9.59 Å². The molecule has 0 atom stereocenters. The highest BCUT2D eigenvalue weighted by molar-refractivity contribution is 5.98. The van der Waals surface area contributed by atoms with Crippen molar-refractivity contribution in [1.82, 2.24) is 19.9 Å². The molecule has 0 bridgehead atoms. The smallest absolute Gasteiger partial charge is 0.276 e. The van der Waals surface area contributed by atoms with Crippen LogP contribution in [0, 0.1) is 13.8 Å². The van der Waals surface area contributed by atoms with E-state index in [1.165, 1.54) is 9.58 Å². The average Bonchev–Trinajstić information content (AvgIpc) is 3.13. The van der Waals surface area contributed by atoms with Gasteiger partial charge in [-0.3, -0.25) is 9.59 Å². The standard InChI is InChI=1S/C20H21N5O2/c1-14-4-8-16(9-5-14)21-19(26)13-24(3)20(27)18-12-25(23-22-18)17-10-6-15(2)7-11-17/h4-12H,13H2,1-3H3,(H,21,26). The third-order valence-corrected chi connectivity index (χ3v) is 4.07. The third kappa shape index (κ3) is 4.58. The Morgan fingerprint density at radius 2 is 1.59 bits per heavy atom. The van der Waals surface area contributed by atoms with Gasteiger partial charge in [0.05, 0.1) is 18.4 Å². The molecule has 0 unspecified atom stereocenters. The molecule has 3 aromatic rings. The highest BCUT2D eigenvalue weighted by Crippen LogP contribution is 2.10. The second-order valence-corrected chi connectivity index (χ2v) is 6.46. The second-order valence-electron chi connectivity index (χ2n) is 6.46. The predicted molar refractivity (Wildman–Crippen MR) is 103 cm³/mol. The van der Waals surface area contributed by atoms with Crippen LogP contribution in [0.2, 0.25) is 0 Å². The van der Waals surface area contributed by atoms with Crippen LogP contribution < -0.4 is 5.32 Å². The Morgan fingerprint density at radius 3 is 2.22 bits per heavy atom. The first-order chi connectivity index (χ1) is 12.9. The van der Waals surface area contributed by atoms with E-state index in [1.54, 1.807) is 13.2 Å². The number of anilines is 1. The summed E-state index contributed by atoms with van der Waals surface area (Å²) in [7, 11) is 1.56. The van der Waals surface area contributed by atoms with Gasteiger partial charge < -0.3 is 10.2 Å². The Kier molecular flexibility index (Phi) is 5.30. The molecule has 7 heteroatoms. The summed E-state index contributed by atoms with van der Waals surface area (Å²) >= 11 is 0. The lowest BCUT2D eigenvalue weighted by atomic mass is 10.2. The lowest BCUT2D eigenvalue weighted by Gasteiger charge is -2.15. The van der Waals surface area contributed by atoms with Crippen molar-refractivity contribution in [2.24, 2.45) is 0 Å². The normalized spacial score (nSPS) is 10.5. The van der Waals surface area contributed by atoms with Crippen molar-refractivity contribution in [2.45, 2.75) is 13.8 Å². The maximum Gasteiger partial charge on any atom is 0.276 e.